The number of benzene rings is 2. The third-order valence-electron chi connectivity index (χ3n) is 3.74. The number of anilines is 2. The molecule has 0 aliphatic carbocycles. The van der Waals surface area contributed by atoms with Crippen LogP contribution in [-0.2, 0) is 6.54 Å². The average Bonchev–Trinajstić information content (AvgIpc) is 2.69. The Morgan fingerprint density at radius 1 is 1.10 bits per heavy atom. The Morgan fingerprint density at radius 2 is 1.95 bits per heavy atom. The zero-order valence-electron chi connectivity index (χ0n) is 12.0. The van der Waals surface area contributed by atoms with Crippen LogP contribution in [0.4, 0.5) is 11.4 Å². The Hall–Kier alpha value is -2.00. The first-order chi connectivity index (χ1) is 9.79. The molecule has 3 rings (SSSR count). The largest absolute Gasteiger partial charge is 0.495 e. The first-order valence-corrected chi connectivity index (χ1v) is 7.00. The highest BCUT2D eigenvalue weighted by atomic mass is 16.5. The summed E-state index contributed by atoms with van der Waals surface area (Å²) in [6.45, 7) is 4.94. The minimum atomic E-state index is 0.917. The van der Waals surface area contributed by atoms with Gasteiger partial charge in [-0.05, 0) is 36.2 Å². The van der Waals surface area contributed by atoms with Gasteiger partial charge in [0.2, 0.25) is 0 Å². The third kappa shape index (κ3) is 2.37. The van der Waals surface area contributed by atoms with Crippen LogP contribution >= 0.6 is 0 Å². The van der Waals surface area contributed by atoms with E-state index < -0.39 is 0 Å². The van der Waals surface area contributed by atoms with Gasteiger partial charge in [-0.1, -0.05) is 24.3 Å². The lowest BCUT2D eigenvalue weighted by atomic mass is 10.1. The molecular formula is C17H20N2O. The van der Waals surface area contributed by atoms with Crippen molar-refractivity contribution in [3.63, 3.8) is 0 Å². The average molecular weight is 268 g/mol. The van der Waals surface area contributed by atoms with Crippen LogP contribution in [0.2, 0.25) is 0 Å². The van der Waals surface area contributed by atoms with E-state index in [1.165, 1.54) is 16.8 Å². The summed E-state index contributed by atoms with van der Waals surface area (Å²) in [6.07, 6.45) is 0. The molecule has 20 heavy (non-hydrogen) atoms. The zero-order valence-corrected chi connectivity index (χ0v) is 12.0. The van der Waals surface area contributed by atoms with Crippen molar-refractivity contribution >= 4 is 11.4 Å². The highest BCUT2D eigenvalue weighted by Gasteiger charge is 2.19. The summed E-state index contributed by atoms with van der Waals surface area (Å²) in [4.78, 5) is 2.35. The number of fused-ring (bicyclic) bond motifs is 1. The van der Waals surface area contributed by atoms with Crippen molar-refractivity contribution in [2.24, 2.45) is 0 Å². The van der Waals surface area contributed by atoms with Crippen LogP contribution in [0, 0.1) is 6.92 Å². The Labute approximate surface area is 120 Å². The highest BCUT2D eigenvalue weighted by Crippen LogP contribution is 2.36. The normalized spacial score (nSPS) is 14.6. The SMILES string of the molecule is COc1ccc(C)cc1N1CCNCc2ccccc21. The second-order valence-corrected chi connectivity index (χ2v) is 5.13. The first-order valence-electron chi connectivity index (χ1n) is 7.00. The summed E-state index contributed by atoms with van der Waals surface area (Å²) in [5.41, 5.74) is 4.98. The van der Waals surface area contributed by atoms with E-state index >= 15 is 0 Å². The van der Waals surface area contributed by atoms with E-state index in [0.29, 0.717) is 0 Å². The zero-order chi connectivity index (χ0) is 13.9. The summed E-state index contributed by atoms with van der Waals surface area (Å²) in [7, 11) is 1.73. The van der Waals surface area contributed by atoms with Crippen LogP contribution in [0.25, 0.3) is 0 Å². The highest BCUT2D eigenvalue weighted by molar-refractivity contribution is 5.72. The first kappa shape index (κ1) is 13.0. The molecule has 3 heteroatoms. The number of nitrogens with one attached hydrogen (secondary N) is 1. The quantitative estimate of drug-likeness (QED) is 0.905. The molecule has 2 aromatic rings. The van der Waals surface area contributed by atoms with Crippen molar-refractivity contribution in [3.05, 3.63) is 53.6 Å². The third-order valence-corrected chi connectivity index (χ3v) is 3.74. The second-order valence-electron chi connectivity index (χ2n) is 5.13. The lowest BCUT2D eigenvalue weighted by molar-refractivity contribution is 0.415. The number of para-hydroxylation sites is 1. The van der Waals surface area contributed by atoms with Gasteiger partial charge in [0, 0.05) is 25.3 Å². The predicted octanol–water partition coefficient (Wildman–Crippen LogP) is 3.24. The Kier molecular flexibility index (Phi) is 3.61. The molecule has 0 aromatic heterocycles. The van der Waals surface area contributed by atoms with E-state index in [9.17, 15) is 0 Å². The standard InChI is InChI=1S/C17H20N2O/c1-13-7-8-17(20-2)16(11-13)19-10-9-18-12-14-5-3-4-6-15(14)19/h3-8,11,18H,9-10,12H2,1-2H3. The summed E-state index contributed by atoms with van der Waals surface area (Å²) in [6, 6.07) is 14.9. The van der Waals surface area contributed by atoms with Gasteiger partial charge in [-0.3, -0.25) is 0 Å². The second kappa shape index (κ2) is 5.55. The minimum Gasteiger partial charge on any atom is -0.495 e. The van der Waals surface area contributed by atoms with Gasteiger partial charge >= 0.3 is 0 Å². The fourth-order valence-electron chi connectivity index (χ4n) is 2.72. The van der Waals surface area contributed by atoms with E-state index in [4.69, 9.17) is 4.74 Å². The molecule has 0 atom stereocenters. The summed E-state index contributed by atoms with van der Waals surface area (Å²) in [5.74, 6) is 0.923. The minimum absolute atomic E-state index is 0.917. The molecule has 3 nitrogen and oxygen atoms in total. The topological polar surface area (TPSA) is 24.5 Å². The van der Waals surface area contributed by atoms with Gasteiger partial charge in [-0.25, -0.2) is 0 Å². The van der Waals surface area contributed by atoms with E-state index in [2.05, 4.69) is 53.5 Å². The van der Waals surface area contributed by atoms with Gasteiger partial charge in [0.05, 0.1) is 12.8 Å². The van der Waals surface area contributed by atoms with Crippen LogP contribution < -0.4 is 15.0 Å². The van der Waals surface area contributed by atoms with E-state index in [0.717, 1.165) is 31.1 Å². The number of rotatable bonds is 2. The van der Waals surface area contributed by atoms with Gasteiger partial charge in [-0.2, -0.15) is 0 Å². The molecule has 0 unspecified atom stereocenters. The molecule has 104 valence electrons. The smallest absolute Gasteiger partial charge is 0.142 e. The summed E-state index contributed by atoms with van der Waals surface area (Å²) < 4.78 is 5.55. The lowest BCUT2D eigenvalue weighted by Gasteiger charge is -2.26. The summed E-state index contributed by atoms with van der Waals surface area (Å²) >= 11 is 0. The van der Waals surface area contributed by atoms with Crippen molar-refractivity contribution in [2.75, 3.05) is 25.1 Å². The van der Waals surface area contributed by atoms with E-state index in [1.807, 2.05) is 6.07 Å². The van der Waals surface area contributed by atoms with Gasteiger partial charge in [0.1, 0.15) is 5.75 Å². The van der Waals surface area contributed by atoms with Crippen LogP contribution in [0.1, 0.15) is 11.1 Å². The molecule has 0 radical (unpaired) electrons. The molecular weight excluding hydrogens is 248 g/mol. The lowest BCUT2D eigenvalue weighted by Crippen LogP contribution is -2.24. The van der Waals surface area contributed by atoms with Crippen molar-refractivity contribution in [2.45, 2.75) is 13.5 Å². The molecule has 1 aliphatic rings. The number of aryl methyl sites for hydroxylation is 1. The maximum atomic E-state index is 5.55. The monoisotopic (exact) mass is 268 g/mol. The number of ether oxygens (including phenoxy) is 1. The molecule has 0 amide bonds. The fraction of sp³-hybridized carbons (Fsp3) is 0.294. The van der Waals surface area contributed by atoms with Crippen LogP contribution in [0.15, 0.2) is 42.5 Å². The fourth-order valence-corrected chi connectivity index (χ4v) is 2.72. The van der Waals surface area contributed by atoms with Crippen molar-refractivity contribution in [3.8, 4) is 5.75 Å². The van der Waals surface area contributed by atoms with Gasteiger partial charge in [0.25, 0.3) is 0 Å². The molecule has 1 heterocycles. The molecule has 1 aliphatic heterocycles. The predicted molar refractivity (Wildman–Crippen MR) is 82.9 cm³/mol. The molecule has 0 bridgehead atoms. The van der Waals surface area contributed by atoms with Crippen molar-refractivity contribution < 1.29 is 4.74 Å². The maximum Gasteiger partial charge on any atom is 0.142 e. The van der Waals surface area contributed by atoms with Crippen LogP contribution in [0.3, 0.4) is 0 Å². The molecule has 0 saturated heterocycles. The Balaban J connectivity index is 2.12. The Bertz CT molecular complexity index is 610. The van der Waals surface area contributed by atoms with Crippen LogP contribution in [-0.4, -0.2) is 20.2 Å². The number of nitrogens with zero attached hydrogens (tertiary/aromatic N) is 1. The molecule has 1 N–H and O–H groups in total. The summed E-state index contributed by atoms with van der Waals surface area (Å²) in [5, 5.41) is 3.47. The van der Waals surface area contributed by atoms with E-state index in [1.54, 1.807) is 7.11 Å². The van der Waals surface area contributed by atoms with Gasteiger partial charge in [0.15, 0.2) is 0 Å². The van der Waals surface area contributed by atoms with E-state index in [-0.39, 0.29) is 0 Å². The number of hydrogen-bond acceptors (Lipinski definition) is 3. The molecule has 2 aromatic carbocycles. The van der Waals surface area contributed by atoms with Gasteiger partial charge < -0.3 is 15.0 Å². The van der Waals surface area contributed by atoms with Crippen molar-refractivity contribution in [1.29, 1.82) is 0 Å². The van der Waals surface area contributed by atoms with Crippen LogP contribution in [0.5, 0.6) is 5.75 Å². The van der Waals surface area contributed by atoms with Gasteiger partial charge in [-0.15, -0.1) is 0 Å². The van der Waals surface area contributed by atoms with Crippen molar-refractivity contribution in [1.82, 2.24) is 5.32 Å². The maximum absolute atomic E-state index is 5.55. The molecule has 0 spiro atoms. The molecule has 0 saturated carbocycles. The number of methoxy groups -OCH3 is 1. The molecule has 0 fully saturated rings. The Morgan fingerprint density at radius 3 is 2.80 bits per heavy atom. The number of hydrogen-bond donors (Lipinski definition) is 1.